The normalized spacial score (nSPS) is 31.0. The Morgan fingerprint density at radius 2 is 1.74 bits per heavy atom. The van der Waals surface area contributed by atoms with Gasteiger partial charge in [-0.25, -0.2) is 23.5 Å². The molecule has 292 valence electrons. The van der Waals surface area contributed by atoms with Crippen LogP contribution in [0.2, 0.25) is 0 Å². The van der Waals surface area contributed by atoms with Gasteiger partial charge in [0.05, 0.1) is 30.2 Å². The second-order valence-corrected chi connectivity index (χ2v) is 16.8. The van der Waals surface area contributed by atoms with E-state index in [0.717, 1.165) is 50.3 Å². The molecule has 1 amide bonds. The van der Waals surface area contributed by atoms with Crippen molar-refractivity contribution in [3.05, 3.63) is 41.2 Å². The van der Waals surface area contributed by atoms with Gasteiger partial charge in [0.25, 0.3) is 11.8 Å². The lowest BCUT2D eigenvalue weighted by molar-refractivity contribution is -0.146. The maximum absolute atomic E-state index is 14.7. The number of anilines is 2. The molecule has 2 aromatic rings. The summed E-state index contributed by atoms with van der Waals surface area (Å²) in [6, 6.07) is 5.62. The van der Waals surface area contributed by atoms with E-state index in [0.29, 0.717) is 62.2 Å². The van der Waals surface area contributed by atoms with Gasteiger partial charge in [0.2, 0.25) is 5.95 Å². The summed E-state index contributed by atoms with van der Waals surface area (Å²) in [6.45, 7) is 2.40. The van der Waals surface area contributed by atoms with Gasteiger partial charge >= 0.3 is 12.1 Å². The fourth-order valence-corrected chi connectivity index (χ4v) is 10.3. The van der Waals surface area contributed by atoms with Crippen LogP contribution in [0.15, 0.2) is 29.6 Å². The van der Waals surface area contributed by atoms with E-state index in [1.807, 2.05) is 19.1 Å². The highest BCUT2D eigenvalue weighted by molar-refractivity contribution is 5.99. The summed E-state index contributed by atoms with van der Waals surface area (Å²) in [5.74, 6) is -4.60. The third-order valence-corrected chi connectivity index (χ3v) is 12.9. The summed E-state index contributed by atoms with van der Waals surface area (Å²) in [7, 11) is 0. The summed E-state index contributed by atoms with van der Waals surface area (Å²) in [5, 5.41) is 16.8. The minimum atomic E-state index is -5.01. The summed E-state index contributed by atoms with van der Waals surface area (Å²) < 4.78 is 76.8. The van der Waals surface area contributed by atoms with Crippen LogP contribution in [0.1, 0.15) is 125 Å². The number of ether oxygens (including phenoxy) is 1. The van der Waals surface area contributed by atoms with Crippen molar-refractivity contribution in [2.75, 3.05) is 11.4 Å². The third kappa shape index (κ3) is 6.88. The second-order valence-electron chi connectivity index (χ2n) is 16.8. The van der Waals surface area contributed by atoms with Gasteiger partial charge in [0.1, 0.15) is 17.4 Å². The third-order valence-electron chi connectivity index (χ3n) is 12.9. The molecule has 2 N–H and O–H groups in total. The number of nitrogens with one attached hydrogen (secondary N) is 1. The number of rotatable bonds is 8. The number of amides is 1. The molecule has 2 bridgehead atoms. The Morgan fingerprint density at radius 1 is 1.02 bits per heavy atom. The number of hydrogen-bond acceptors (Lipinski definition) is 8. The molecule has 0 radical (unpaired) electrons. The van der Waals surface area contributed by atoms with Gasteiger partial charge in [0.15, 0.2) is 5.69 Å². The van der Waals surface area contributed by atoms with Crippen molar-refractivity contribution >= 4 is 29.2 Å². The highest BCUT2D eigenvalue weighted by Gasteiger charge is 2.57. The molecule has 15 heteroatoms. The van der Waals surface area contributed by atoms with Crippen LogP contribution in [0.3, 0.4) is 0 Å². The molecule has 5 aliphatic carbocycles. The lowest BCUT2D eigenvalue weighted by atomic mass is 9.71. The van der Waals surface area contributed by atoms with Crippen LogP contribution < -0.4 is 15.0 Å². The zero-order valence-corrected chi connectivity index (χ0v) is 30.3. The Kier molecular flexibility index (Phi) is 9.30. The average molecular weight is 760 g/mol. The molecule has 5 fully saturated rings. The molecule has 1 aromatic heterocycles. The van der Waals surface area contributed by atoms with E-state index in [2.05, 4.69) is 20.4 Å². The number of nitrogens with zero attached hydrogens (tertiary/aromatic N) is 4. The molecule has 1 aliphatic heterocycles. The Hall–Kier alpha value is -4.04. The Balaban J connectivity index is 1.02. The number of benzene rings is 1. The average Bonchev–Trinajstić information content (AvgIpc) is 3.56. The van der Waals surface area contributed by atoms with E-state index in [-0.39, 0.29) is 60.6 Å². The number of halogens is 5. The maximum atomic E-state index is 14.7. The van der Waals surface area contributed by atoms with Gasteiger partial charge < -0.3 is 24.9 Å². The minimum Gasteiger partial charge on any atom is -0.490 e. The molecule has 5 saturated carbocycles. The van der Waals surface area contributed by atoms with Crippen LogP contribution in [0.4, 0.5) is 33.6 Å². The Bertz CT molecular complexity index is 1810. The monoisotopic (exact) mass is 759 g/mol. The van der Waals surface area contributed by atoms with Gasteiger partial charge in [-0.15, -0.1) is 0 Å². The molecule has 2 heterocycles. The number of carboxylic acid groups (broad SMARTS) is 1. The number of aliphatic carboxylic acids is 1. The van der Waals surface area contributed by atoms with Crippen LogP contribution in [0.5, 0.6) is 5.75 Å². The second kappa shape index (κ2) is 13.6. The van der Waals surface area contributed by atoms with Crippen LogP contribution in [-0.2, 0) is 21.2 Å². The first-order valence-electron chi connectivity index (χ1n) is 19.3. The SMILES string of the molecule is CC1CC2CC(C1)C(NC(=O)c1cnc(N3CC4(CCCCC4)c4cc(O[C@H]5CC[C@H](ON=C6CC(F)(F)C6)CC5)ccc43)nc1C(F)(F)F)(C(=O)O)C2. The van der Waals surface area contributed by atoms with Gasteiger partial charge in [0, 0.05) is 23.8 Å². The molecule has 8 rings (SSSR count). The number of alkyl halides is 5. The lowest BCUT2D eigenvalue weighted by Gasteiger charge is -2.34. The van der Waals surface area contributed by atoms with Crippen molar-refractivity contribution in [1.29, 1.82) is 0 Å². The molecule has 54 heavy (non-hydrogen) atoms. The molecule has 4 unspecified atom stereocenters. The molecule has 4 atom stereocenters. The van der Waals surface area contributed by atoms with Gasteiger partial charge in [-0.1, -0.05) is 31.3 Å². The number of fused-ring (bicyclic) bond motifs is 4. The van der Waals surface area contributed by atoms with Crippen LogP contribution in [0, 0.1) is 17.8 Å². The molecular weight excluding hydrogens is 713 g/mol. The zero-order valence-electron chi connectivity index (χ0n) is 30.3. The largest absolute Gasteiger partial charge is 0.490 e. The predicted octanol–water partition coefficient (Wildman–Crippen LogP) is 8.35. The van der Waals surface area contributed by atoms with Crippen molar-refractivity contribution < 1.29 is 46.2 Å². The number of oxime groups is 1. The van der Waals surface area contributed by atoms with Crippen LogP contribution in [0.25, 0.3) is 0 Å². The van der Waals surface area contributed by atoms with E-state index in [9.17, 15) is 36.6 Å². The molecule has 1 spiro atoms. The van der Waals surface area contributed by atoms with E-state index >= 15 is 0 Å². The van der Waals surface area contributed by atoms with Crippen LogP contribution >= 0.6 is 0 Å². The van der Waals surface area contributed by atoms with Gasteiger partial charge in [-0.2, -0.15) is 13.2 Å². The molecule has 6 aliphatic rings. The first-order valence-corrected chi connectivity index (χ1v) is 19.3. The fourth-order valence-electron chi connectivity index (χ4n) is 10.3. The fraction of sp³-hybridized carbons (Fsp3) is 0.667. The number of aromatic nitrogens is 2. The highest BCUT2D eigenvalue weighted by atomic mass is 19.4. The van der Waals surface area contributed by atoms with Crippen molar-refractivity contribution in [3.8, 4) is 5.75 Å². The topological polar surface area (TPSA) is 126 Å². The lowest BCUT2D eigenvalue weighted by Crippen LogP contribution is -2.57. The number of hydrogen-bond donors (Lipinski definition) is 2. The minimum absolute atomic E-state index is 0.0815. The highest BCUT2D eigenvalue weighted by Crippen LogP contribution is 2.53. The number of carbonyl (C=O) groups is 2. The van der Waals surface area contributed by atoms with Crippen LogP contribution in [-0.4, -0.2) is 62.9 Å². The predicted molar refractivity (Wildman–Crippen MR) is 187 cm³/mol. The first kappa shape index (κ1) is 36.9. The molecule has 1 aromatic carbocycles. The molecule has 0 saturated heterocycles. The van der Waals surface area contributed by atoms with E-state index in [1.165, 1.54) is 0 Å². The molecule has 10 nitrogen and oxygen atoms in total. The van der Waals surface area contributed by atoms with E-state index < -0.39 is 40.8 Å². The van der Waals surface area contributed by atoms with Crippen molar-refractivity contribution in [1.82, 2.24) is 15.3 Å². The van der Waals surface area contributed by atoms with Crippen molar-refractivity contribution in [2.24, 2.45) is 22.9 Å². The number of carbonyl (C=O) groups excluding carboxylic acids is 1. The quantitative estimate of drug-likeness (QED) is 0.203. The zero-order chi connectivity index (χ0) is 38.0. The Morgan fingerprint density at radius 3 is 2.43 bits per heavy atom. The van der Waals surface area contributed by atoms with Crippen molar-refractivity contribution in [2.45, 2.75) is 138 Å². The summed E-state index contributed by atoms with van der Waals surface area (Å²) in [5.41, 5.74) is -2.16. The van der Waals surface area contributed by atoms with Gasteiger partial charge in [-0.3, -0.25) is 4.79 Å². The Labute approximate surface area is 310 Å². The van der Waals surface area contributed by atoms with E-state index in [4.69, 9.17) is 9.57 Å². The summed E-state index contributed by atoms with van der Waals surface area (Å²) in [6.07, 6.45) is 4.51. The standard InChI is InChI=1S/C39H46F5N5O5/c1-22-13-23-15-24(14-22)38(17-23,34(51)52)47-33(50)29-20-45-35(46-32(29)39(42,43)44)49-21-36(11-3-2-4-12-36)30-16-28(9-10-31(30)49)53-26-5-7-27(8-6-26)54-48-25-18-37(40,41)19-25/h9-10,16,20,22-24,26-27H,2-8,11-15,17-19,21H2,1H3,(H,47,50)(H,51,52)/t22?,23?,24?,26-,27-,38?. The summed E-state index contributed by atoms with van der Waals surface area (Å²) in [4.78, 5) is 41.8. The first-order chi connectivity index (χ1) is 25.6. The van der Waals surface area contributed by atoms with Crippen molar-refractivity contribution in [3.63, 3.8) is 0 Å². The maximum Gasteiger partial charge on any atom is 0.434 e. The van der Waals surface area contributed by atoms with Gasteiger partial charge in [-0.05, 0) is 106 Å². The smallest absolute Gasteiger partial charge is 0.434 e. The van der Waals surface area contributed by atoms with E-state index in [1.54, 1.807) is 11.0 Å². The number of carboxylic acids is 1. The summed E-state index contributed by atoms with van der Waals surface area (Å²) >= 11 is 0. The molecular formula is C39H46F5N5O5.